The molecule has 1 aromatic heterocycles. The Morgan fingerprint density at radius 2 is 2.35 bits per heavy atom. The number of pyridine rings is 1. The summed E-state index contributed by atoms with van der Waals surface area (Å²) in [6.45, 7) is 1.95. The third-order valence-electron chi connectivity index (χ3n) is 2.99. The van der Waals surface area contributed by atoms with Crippen LogP contribution >= 0.6 is 15.9 Å². The van der Waals surface area contributed by atoms with E-state index >= 15 is 0 Å². The Balaban J connectivity index is 2.30. The van der Waals surface area contributed by atoms with Crippen LogP contribution in [0.1, 0.15) is 19.8 Å². The molecule has 0 bridgehead atoms. The molecule has 0 saturated heterocycles. The Morgan fingerprint density at radius 1 is 1.55 bits per heavy atom. The maximum Gasteiger partial charge on any atom is 0.241 e. The van der Waals surface area contributed by atoms with E-state index in [1.807, 2.05) is 31.2 Å². The van der Waals surface area contributed by atoms with Crippen molar-refractivity contribution in [2.24, 2.45) is 5.92 Å². The molecule has 1 amide bonds. The lowest BCUT2D eigenvalue weighted by atomic mass is 10.0. The largest absolute Gasteiger partial charge is 0.323 e. The van der Waals surface area contributed by atoms with E-state index in [4.69, 9.17) is 5.26 Å². The quantitative estimate of drug-likeness (QED) is 0.924. The first kappa shape index (κ1) is 14.5. The van der Waals surface area contributed by atoms with Crippen molar-refractivity contribution >= 4 is 38.4 Å². The SMILES string of the molecule is CCCC(C#N)C(=O)Nc1cccc2cc(Br)cnc12. The standard InChI is InChI=1S/C15H14BrN3O/c1-2-4-11(8-17)15(20)19-13-6-3-5-10-7-12(16)9-18-14(10)13/h3,5-7,9,11H,2,4H2,1H3,(H,19,20). The average molecular weight is 332 g/mol. The third kappa shape index (κ3) is 3.14. The summed E-state index contributed by atoms with van der Waals surface area (Å²) in [5, 5.41) is 12.8. The Kier molecular flexibility index (Phi) is 4.70. The van der Waals surface area contributed by atoms with Gasteiger partial charge in [-0.3, -0.25) is 9.78 Å². The van der Waals surface area contributed by atoms with E-state index in [2.05, 4.69) is 26.2 Å². The number of rotatable bonds is 4. The highest BCUT2D eigenvalue weighted by Gasteiger charge is 2.17. The Hall–Kier alpha value is -1.93. The predicted molar refractivity (Wildman–Crippen MR) is 82.1 cm³/mol. The van der Waals surface area contributed by atoms with Gasteiger partial charge in [-0.25, -0.2) is 0 Å². The summed E-state index contributed by atoms with van der Waals surface area (Å²) < 4.78 is 0.884. The van der Waals surface area contributed by atoms with Crippen LogP contribution in [0.3, 0.4) is 0 Å². The molecule has 0 aliphatic heterocycles. The molecular formula is C15H14BrN3O. The van der Waals surface area contributed by atoms with E-state index < -0.39 is 5.92 Å². The van der Waals surface area contributed by atoms with Crippen LogP contribution in [0.2, 0.25) is 0 Å². The molecule has 5 heteroatoms. The van der Waals surface area contributed by atoms with Crippen LogP contribution in [0.5, 0.6) is 0 Å². The molecule has 0 fully saturated rings. The van der Waals surface area contributed by atoms with E-state index in [1.165, 1.54) is 0 Å². The molecule has 1 atom stereocenters. The van der Waals surface area contributed by atoms with Crippen molar-refractivity contribution in [3.05, 3.63) is 34.9 Å². The summed E-state index contributed by atoms with van der Waals surface area (Å²) in [4.78, 5) is 16.4. The van der Waals surface area contributed by atoms with Gasteiger partial charge in [0.15, 0.2) is 0 Å². The fourth-order valence-electron chi connectivity index (χ4n) is 2.00. The summed E-state index contributed by atoms with van der Waals surface area (Å²) in [6, 6.07) is 9.55. The van der Waals surface area contributed by atoms with Crippen molar-refractivity contribution in [2.45, 2.75) is 19.8 Å². The minimum atomic E-state index is -0.620. The second-order valence-electron chi connectivity index (χ2n) is 4.49. The minimum Gasteiger partial charge on any atom is -0.323 e. The molecule has 1 N–H and O–H groups in total. The predicted octanol–water partition coefficient (Wildman–Crippen LogP) is 3.88. The van der Waals surface area contributed by atoms with E-state index in [9.17, 15) is 4.79 Å². The highest BCUT2D eigenvalue weighted by atomic mass is 79.9. The molecule has 0 saturated carbocycles. The molecular weight excluding hydrogens is 318 g/mol. The number of nitrogens with zero attached hydrogens (tertiary/aromatic N) is 2. The molecule has 20 heavy (non-hydrogen) atoms. The molecule has 0 radical (unpaired) electrons. The monoisotopic (exact) mass is 331 g/mol. The molecule has 1 aromatic carbocycles. The Bertz CT molecular complexity index is 678. The molecule has 1 heterocycles. The first-order valence-electron chi connectivity index (χ1n) is 6.40. The summed E-state index contributed by atoms with van der Waals surface area (Å²) >= 11 is 3.37. The van der Waals surface area contributed by atoms with Crippen LogP contribution < -0.4 is 5.32 Å². The second-order valence-corrected chi connectivity index (χ2v) is 5.41. The number of aromatic nitrogens is 1. The van der Waals surface area contributed by atoms with Crippen molar-refractivity contribution in [3.8, 4) is 6.07 Å². The van der Waals surface area contributed by atoms with E-state index in [0.717, 1.165) is 21.8 Å². The molecule has 0 spiro atoms. The van der Waals surface area contributed by atoms with Gasteiger partial charge in [0.1, 0.15) is 5.92 Å². The number of anilines is 1. The first-order valence-corrected chi connectivity index (χ1v) is 7.19. The molecule has 2 rings (SSSR count). The molecule has 1 unspecified atom stereocenters. The zero-order valence-corrected chi connectivity index (χ0v) is 12.6. The van der Waals surface area contributed by atoms with Gasteiger partial charge in [-0.15, -0.1) is 0 Å². The first-order chi connectivity index (χ1) is 9.65. The zero-order valence-electron chi connectivity index (χ0n) is 11.1. The van der Waals surface area contributed by atoms with Gasteiger partial charge in [0.05, 0.1) is 17.3 Å². The van der Waals surface area contributed by atoms with Gasteiger partial charge in [0, 0.05) is 16.1 Å². The molecule has 4 nitrogen and oxygen atoms in total. The van der Waals surface area contributed by atoms with Crippen LogP contribution in [0.4, 0.5) is 5.69 Å². The molecule has 102 valence electrons. The van der Waals surface area contributed by atoms with E-state index in [1.54, 1.807) is 12.3 Å². The number of halogens is 1. The minimum absolute atomic E-state index is 0.272. The fourth-order valence-corrected chi connectivity index (χ4v) is 2.35. The number of fused-ring (bicyclic) bond motifs is 1. The Morgan fingerprint density at radius 3 is 3.05 bits per heavy atom. The number of nitrogens with one attached hydrogen (secondary N) is 1. The van der Waals surface area contributed by atoms with Crippen LogP contribution in [0.25, 0.3) is 10.9 Å². The summed E-state index contributed by atoms with van der Waals surface area (Å²) in [6.07, 6.45) is 3.05. The third-order valence-corrected chi connectivity index (χ3v) is 3.42. The average Bonchev–Trinajstić information content (AvgIpc) is 2.44. The van der Waals surface area contributed by atoms with E-state index in [-0.39, 0.29) is 5.91 Å². The number of nitriles is 1. The van der Waals surface area contributed by atoms with Gasteiger partial charge in [-0.1, -0.05) is 25.5 Å². The summed E-state index contributed by atoms with van der Waals surface area (Å²) in [7, 11) is 0. The smallest absolute Gasteiger partial charge is 0.241 e. The number of hydrogen-bond acceptors (Lipinski definition) is 3. The lowest BCUT2D eigenvalue weighted by Crippen LogP contribution is -2.21. The highest BCUT2D eigenvalue weighted by molar-refractivity contribution is 9.10. The number of benzene rings is 1. The molecule has 2 aromatic rings. The van der Waals surface area contributed by atoms with Crippen molar-refractivity contribution in [2.75, 3.05) is 5.32 Å². The molecule has 0 aliphatic carbocycles. The maximum absolute atomic E-state index is 12.1. The van der Waals surface area contributed by atoms with Gasteiger partial charge < -0.3 is 5.32 Å². The van der Waals surface area contributed by atoms with Crippen molar-refractivity contribution in [1.29, 1.82) is 5.26 Å². The topological polar surface area (TPSA) is 65.8 Å². The lowest BCUT2D eigenvalue weighted by molar-refractivity contribution is -0.118. The van der Waals surface area contributed by atoms with Gasteiger partial charge in [-0.2, -0.15) is 5.26 Å². The van der Waals surface area contributed by atoms with Gasteiger partial charge in [0.25, 0.3) is 0 Å². The van der Waals surface area contributed by atoms with Crippen LogP contribution in [0.15, 0.2) is 34.9 Å². The Labute approximate surface area is 125 Å². The van der Waals surface area contributed by atoms with Crippen molar-refractivity contribution in [3.63, 3.8) is 0 Å². The van der Waals surface area contributed by atoms with Crippen LogP contribution in [-0.4, -0.2) is 10.9 Å². The zero-order chi connectivity index (χ0) is 14.5. The lowest BCUT2D eigenvalue weighted by Gasteiger charge is -2.11. The summed E-state index contributed by atoms with van der Waals surface area (Å²) in [5.41, 5.74) is 1.36. The number of amides is 1. The molecule has 0 aliphatic rings. The number of carbonyl (C=O) groups excluding carboxylic acids is 1. The number of para-hydroxylation sites is 1. The van der Waals surface area contributed by atoms with Crippen LogP contribution in [0, 0.1) is 17.2 Å². The second kappa shape index (κ2) is 6.49. The normalized spacial score (nSPS) is 11.8. The number of hydrogen-bond donors (Lipinski definition) is 1. The van der Waals surface area contributed by atoms with Gasteiger partial charge in [-0.05, 0) is 34.5 Å². The van der Waals surface area contributed by atoms with Crippen molar-refractivity contribution in [1.82, 2.24) is 4.98 Å². The highest BCUT2D eigenvalue weighted by Crippen LogP contribution is 2.24. The van der Waals surface area contributed by atoms with Gasteiger partial charge >= 0.3 is 0 Å². The van der Waals surface area contributed by atoms with Crippen molar-refractivity contribution < 1.29 is 4.79 Å². The van der Waals surface area contributed by atoms with Crippen LogP contribution in [-0.2, 0) is 4.79 Å². The van der Waals surface area contributed by atoms with E-state index in [0.29, 0.717) is 12.1 Å². The maximum atomic E-state index is 12.1. The summed E-state index contributed by atoms with van der Waals surface area (Å²) in [5.74, 6) is -0.891. The fraction of sp³-hybridized carbons (Fsp3) is 0.267. The number of carbonyl (C=O) groups is 1. The van der Waals surface area contributed by atoms with Gasteiger partial charge in [0.2, 0.25) is 5.91 Å².